The first-order valence-corrected chi connectivity index (χ1v) is 11.1. The average Bonchev–Trinajstić information content (AvgIpc) is 2.71. The maximum Gasteiger partial charge on any atom is 0.229 e. The van der Waals surface area contributed by atoms with E-state index in [1.54, 1.807) is 6.20 Å². The zero-order chi connectivity index (χ0) is 21.3. The van der Waals surface area contributed by atoms with Gasteiger partial charge in [-0.1, -0.05) is 6.42 Å². The summed E-state index contributed by atoms with van der Waals surface area (Å²) in [5.41, 5.74) is 6.31. The first-order valence-electron chi connectivity index (χ1n) is 10.3. The molecule has 2 aromatic rings. The van der Waals surface area contributed by atoms with Crippen LogP contribution in [0, 0.1) is 5.92 Å². The highest BCUT2D eigenvalue weighted by atomic mass is 79.9. The second-order valence-corrected chi connectivity index (χ2v) is 8.20. The molecule has 1 amide bonds. The Balaban J connectivity index is 1.47. The maximum absolute atomic E-state index is 12.2. The van der Waals surface area contributed by atoms with Crippen LogP contribution in [0.4, 0.5) is 17.5 Å². The zero-order valence-electron chi connectivity index (χ0n) is 17.2. The van der Waals surface area contributed by atoms with E-state index in [4.69, 9.17) is 10.5 Å². The molecule has 1 aliphatic rings. The quantitative estimate of drug-likeness (QED) is 0.426. The molecule has 0 unspecified atom stereocenters. The van der Waals surface area contributed by atoms with Crippen molar-refractivity contribution in [1.29, 1.82) is 0 Å². The highest BCUT2D eigenvalue weighted by molar-refractivity contribution is 9.10. The Labute approximate surface area is 185 Å². The summed E-state index contributed by atoms with van der Waals surface area (Å²) in [7, 11) is 1.88. The Bertz CT molecular complexity index is 829. The lowest BCUT2D eigenvalue weighted by molar-refractivity contribution is -0.136. The van der Waals surface area contributed by atoms with Gasteiger partial charge in [0.05, 0.1) is 4.47 Å². The van der Waals surface area contributed by atoms with E-state index in [0.29, 0.717) is 31.5 Å². The third kappa shape index (κ3) is 6.30. The van der Waals surface area contributed by atoms with Gasteiger partial charge in [0.15, 0.2) is 0 Å². The van der Waals surface area contributed by atoms with Crippen LogP contribution in [0.2, 0.25) is 0 Å². The molecule has 0 atom stereocenters. The largest absolute Gasteiger partial charge is 0.492 e. The molecule has 1 aromatic carbocycles. The number of ether oxygens (including phenoxy) is 1. The van der Waals surface area contributed by atoms with E-state index in [1.165, 1.54) is 6.42 Å². The van der Waals surface area contributed by atoms with E-state index in [-0.39, 0.29) is 11.8 Å². The van der Waals surface area contributed by atoms with Gasteiger partial charge in [-0.05, 0) is 59.5 Å². The highest BCUT2D eigenvalue weighted by Gasteiger charge is 2.27. The van der Waals surface area contributed by atoms with E-state index in [2.05, 4.69) is 36.5 Å². The predicted molar refractivity (Wildman–Crippen MR) is 122 cm³/mol. The Morgan fingerprint density at radius 3 is 2.77 bits per heavy atom. The standard InChI is InChI=1S/C21H29BrN6O2/c1-28(20(29)15-4-2-5-15)12-3-11-24-19-18(22)14-25-21(27-19)26-16-6-8-17(9-7-16)30-13-10-23/h6-9,14-15H,2-5,10-13,23H2,1H3,(H2,24,25,26,27). The number of amides is 1. The number of benzene rings is 1. The fraction of sp³-hybridized carbons (Fsp3) is 0.476. The van der Waals surface area contributed by atoms with Crippen LogP contribution in [0.1, 0.15) is 25.7 Å². The van der Waals surface area contributed by atoms with Crippen molar-refractivity contribution in [3.05, 3.63) is 34.9 Å². The summed E-state index contributed by atoms with van der Waals surface area (Å²) in [6.07, 6.45) is 5.81. The minimum atomic E-state index is 0.244. The van der Waals surface area contributed by atoms with Gasteiger partial charge in [0.2, 0.25) is 11.9 Å². The van der Waals surface area contributed by atoms with E-state index in [1.807, 2.05) is 36.2 Å². The van der Waals surface area contributed by atoms with Crippen molar-refractivity contribution in [3.8, 4) is 5.75 Å². The molecule has 3 rings (SSSR count). The molecule has 0 aliphatic heterocycles. The first kappa shape index (κ1) is 22.3. The summed E-state index contributed by atoms with van der Waals surface area (Å²) in [5.74, 6) is 2.49. The number of hydrogen-bond acceptors (Lipinski definition) is 7. The Morgan fingerprint density at radius 1 is 1.33 bits per heavy atom. The molecule has 0 spiro atoms. The molecule has 1 aliphatic carbocycles. The summed E-state index contributed by atoms with van der Waals surface area (Å²) >= 11 is 3.48. The summed E-state index contributed by atoms with van der Waals surface area (Å²) < 4.78 is 6.27. The molecule has 0 saturated heterocycles. The monoisotopic (exact) mass is 476 g/mol. The fourth-order valence-corrected chi connectivity index (χ4v) is 3.42. The van der Waals surface area contributed by atoms with Gasteiger partial charge < -0.3 is 26.0 Å². The molecule has 1 saturated carbocycles. The van der Waals surface area contributed by atoms with Crippen LogP contribution in [0.3, 0.4) is 0 Å². The van der Waals surface area contributed by atoms with E-state index in [0.717, 1.165) is 41.7 Å². The van der Waals surface area contributed by atoms with Crippen molar-refractivity contribution in [2.24, 2.45) is 11.7 Å². The minimum absolute atomic E-state index is 0.244. The zero-order valence-corrected chi connectivity index (χ0v) is 18.8. The lowest BCUT2D eigenvalue weighted by atomic mass is 9.84. The van der Waals surface area contributed by atoms with Crippen molar-refractivity contribution in [2.75, 3.05) is 43.9 Å². The normalized spacial score (nSPS) is 13.4. The highest BCUT2D eigenvalue weighted by Crippen LogP contribution is 2.28. The van der Waals surface area contributed by atoms with Crippen molar-refractivity contribution in [1.82, 2.24) is 14.9 Å². The molecule has 9 heteroatoms. The maximum atomic E-state index is 12.2. The summed E-state index contributed by atoms with van der Waals surface area (Å²) in [6.45, 7) is 2.41. The van der Waals surface area contributed by atoms with Crippen LogP contribution < -0.4 is 21.1 Å². The number of nitrogens with two attached hydrogens (primary N) is 1. The molecular weight excluding hydrogens is 448 g/mol. The SMILES string of the molecule is CN(CCCNc1nc(Nc2ccc(OCCN)cc2)ncc1Br)C(=O)C1CCC1. The fourth-order valence-electron chi connectivity index (χ4n) is 3.09. The van der Waals surface area contributed by atoms with Crippen LogP contribution in [0.5, 0.6) is 5.75 Å². The van der Waals surface area contributed by atoms with Crippen molar-refractivity contribution >= 4 is 39.3 Å². The van der Waals surface area contributed by atoms with Crippen LogP contribution in [-0.2, 0) is 4.79 Å². The third-order valence-electron chi connectivity index (χ3n) is 5.03. The number of hydrogen-bond donors (Lipinski definition) is 3. The number of anilines is 3. The molecule has 8 nitrogen and oxygen atoms in total. The van der Waals surface area contributed by atoms with Gasteiger partial charge in [0.1, 0.15) is 18.2 Å². The van der Waals surface area contributed by atoms with E-state index >= 15 is 0 Å². The average molecular weight is 477 g/mol. The van der Waals surface area contributed by atoms with E-state index in [9.17, 15) is 4.79 Å². The predicted octanol–water partition coefficient (Wildman–Crippen LogP) is 3.38. The molecule has 1 fully saturated rings. The summed E-state index contributed by atoms with van der Waals surface area (Å²) in [4.78, 5) is 22.9. The number of nitrogens with one attached hydrogen (secondary N) is 2. The van der Waals surface area contributed by atoms with Gasteiger partial charge in [-0.3, -0.25) is 4.79 Å². The number of rotatable bonds is 11. The van der Waals surface area contributed by atoms with Crippen LogP contribution in [0.25, 0.3) is 0 Å². The topological polar surface area (TPSA) is 105 Å². The molecule has 1 heterocycles. The Morgan fingerprint density at radius 2 is 2.10 bits per heavy atom. The first-order chi connectivity index (χ1) is 14.6. The Kier molecular flexibility index (Phi) is 8.27. The second-order valence-electron chi connectivity index (χ2n) is 7.34. The number of carbonyl (C=O) groups is 1. The van der Waals surface area contributed by atoms with Crippen LogP contribution in [0.15, 0.2) is 34.9 Å². The molecule has 162 valence electrons. The van der Waals surface area contributed by atoms with Crippen LogP contribution >= 0.6 is 15.9 Å². The molecular formula is C21H29BrN6O2. The van der Waals surface area contributed by atoms with Gasteiger partial charge in [-0.2, -0.15) is 4.98 Å². The lowest BCUT2D eigenvalue weighted by Crippen LogP contribution is -2.37. The van der Waals surface area contributed by atoms with Gasteiger partial charge in [0.25, 0.3) is 0 Å². The second kappa shape index (κ2) is 11.1. The Hall–Kier alpha value is -2.39. The summed E-state index contributed by atoms with van der Waals surface area (Å²) in [6, 6.07) is 7.55. The molecule has 1 aromatic heterocycles. The summed E-state index contributed by atoms with van der Waals surface area (Å²) in [5, 5.41) is 6.50. The van der Waals surface area contributed by atoms with Crippen molar-refractivity contribution < 1.29 is 9.53 Å². The number of halogens is 1. The van der Waals surface area contributed by atoms with Gasteiger partial charge in [-0.15, -0.1) is 0 Å². The number of aromatic nitrogens is 2. The van der Waals surface area contributed by atoms with Gasteiger partial charge in [-0.25, -0.2) is 4.98 Å². The molecule has 30 heavy (non-hydrogen) atoms. The van der Waals surface area contributed by atoms with Gasteiger partial charge in [0, 0.05) is 44.5 Å². The molecule has 0 radical (unpaired) electrons. The van der Waals surface area contributed by atoms with Gasteiger partial charge >= 0.3 is 0 Å². The van der Waals surface area contributed by atoms with E-state index < -0.39 is 0 Å². The number of carbonyl (C=O) groups excluding carboxylic acids is 1. The third-order valence-corrected chi connectivity index (χ3v) is 5.61. The molecule has 4 N–H and O–H groups in total. The van der Waals surface area contributed by atoms with Crippen molar-refractivity contribution in [3.63, 3.8) is 0 Å². The smallest absolute Gasteiger partial charge is 0.229 e. The number of nitrogens with zero attached hydrogens (tertiary/aromatic N) is 3. The van der Waals surface area contributed by atoms with Crippen LogP contribution in [-0.4, -0.2) is 54.1 Å². The lowest BCUT2D eigenvalue weighted by Gasteiger charge is -2.29. The van der Waals surface area contributed by atoms with Crippen molar-refractivity contribution in [2.45, 2.75) is 25.7 Å². The molecule has 0 bridgehead atoms. The minimum Gasteiger partial charge on any atom is -0.492 e.